The molecule has 8 heteroatoms. The van der Waals surface area contributed by atoms with Crippen molar-refractivity contribution in [3.05, 3.63) is 29.8 Å². The average Bonchev–Trinajstić information content (AvgIpc) is 3.04. The van der Waals surface area contributed by atoms with E-state index in [0.717, 1.165) is 12.8 Å². The smallest absolute Gasteiger partial charge is 0.387 e. The Labute approximate surface area is 132 Å². The molecule has 2 rings (SSSR count). The molecule has 2 amide bonds. The number of hydrogen-bond acceptors (Lipinski definition) is 4. The maximum atomic E-state index is 12.0. The van der Waals surface area contributed by atoms with Crippen LogP contribution >= 0.6 is 0 Å². The minimum atomic E-state index is -2.91. The fourth-order valence-electron chi connectivity index (χ4n) is 2.15. The molecule has 1 aromatic rings. The molecule has 1 heterocycles. The molecule has 0 unspecified atom stereocenters. The van der Waals surface area contributed by atoms with Crippen molar-refractivity contribution in [2.24, 2.45) is 0 Å². The van der Waals surface area contributed by atoms with Crippen molar-refractivity contribution in [3.63, 3.8) is 0 Å². The Kier molecular flexibility index (Phi) is 6.28. The Balaban J connectivity index is 1.71. The molecule has 1 aliphatic heterocycles. The van der Waals surface area contributed by atoms with E-state index in [4.69, 9.17) is 4.74 Å². The summed E-state index contributed by atoms with van der Waals surface area (Å²) in [4.78, 5) is 23.5. The van der Waals surface area contributed by atoms with Crippen molar-refractivity contribution >= 4 is 11.8 Å². The van der Waals surface area contributed by atoms with E-state index in [9.17, 15) is 18.4 Å². The molecule has 1 atom stereocenters. The first-order chi connectivity index (χ1) is 11.0. The summed E-state index contributed by atoms with van der Waals surface area (Å²) in [5, 5.41) is 5.13. The second kappa shape index (κ2) is 8.42. The summed E-state index contributed by atoms with van der Waals surface area (Å²) in [5.74, 6) is -0.821. The highest BCUT2D eigenvalue weighted by molar-refractivity contribution is 5.96. The highest BCUT2D eigenvalue weighted by Gasteiger charge is 2.16. The zero-order chi connectivity index (χ0) is 16.7. The van der Waals surface area contributed by atoms with Gasteiger partial charge in [0.2, 0.25) is 5.91 Å². The molecule has 0 spiro atoms. The minimum absolute atomic E-state index is 0.0362. The first-order valence-electron chi connectivity index (χ1n) is 7.26. The lowest BCUT2D eigenvalue weighted by Crippen LogP contribution is -2.39. The molecule has 6 nitrogen and oxygen atoms in total. The van der Waals surface area contributed by atoms with Crippen molar-refractivity contribution in [1.82, 2.24) is 10.6 Å². The van der Waals surface area contributed by atoms with Gasteiger partial charge in [-0.2, -0.15) is 8.78 Å². The topological polar surface area (TPSA) is 76.7 Å². The third kappa shape index (κ3) is 5.82. The summed E-state index contributed by atoms with van der Waals surface area (Å²) >= 11 is 0. The van der Waals surface area contributed by atoms with Crippen molar-refractivity contribution in [3.8, 4) is 5.75 Å². The molecule has 2 N–H and O–H groups in total. The summed E-state index contributed by atoms with van der Waals surface area (Å²) in [6.45, 7) is -1.94. The van der Waals surface area contributed by atoms with Gasteiger partial charge in [0.1, 0.15) is 5.75 Å². The van der Waals surface area contributed by atoms with Gasteiger partial charge in [-0.1, -0.05) is 0 Å². The molecule has 0 bridgehead atoms. The normalized spacial score (nSPS) is 17.1. The third-order valence-corrected chi connectivity index (χ3v) is 3.30. The maximum absolute atomic E-state index is 12.0. The molecule has 126 valence electrons. The predicted octanol–water partition coefficient (Wildman–Crippen LogP) is 1.31. The molecule has 1 saturated heterocycles. The summed E-state index contributed by atoms with van der Waals surface area (Å²) in [7, 11) is 0. The minimum Gasteiger partial charge on any atom is -0.435 e. The monoisotopic (exact) mass is 328 g/mol. The second-order valence-corrected chi connectivity index (χ2v) is 5.02. The van der Waals surface area contributed by atoms with Gasteiger partial charge in [0.25, 0.3) is 5.91 Å². The summed E-state index contributed by atoms with van der Waals surface area (Å²) in [6, 6.07) is 5.21. The van der Waals surface area contributed by atoms with Crippen molar-refractivity contribution in [2.45, 2.75) is 25.6 Å². The Morgan fingerprint density at radius 2 is 2.00 bits per heavy atom. The molecule has 0 aliphatic carbocycles. The van der Waals surface area contributed by atoms with E-state index < -0.39 is 12.5 Å². The number of alkyl halides is 2. The highest BCUT2D eigenvalue weighted by atomic mass is 19.3. The van der Waals surface area contributed by atoms with Gasteiger partial charge in [-0.05, 0) is 37.1 Å². The van der Waals surface area contributed by atoms with Crippen LogP contribution in [0.1, 0.15) is 23.2 Å². The standard InChI is InChI=1S/C15H18F2N2O4/c16-15(17)23-11-5-3-10(4-6-11)14(21)19-9-13(20)18-8-12-2-1-7-22-12/h3-6,12,15H,1-2,7-9H2,(H,18,20)(H,19,21)/t12-/m0/s1. The van der Waals surface area contributed by atoms with Crippen LogP contribution in [-0.4, -0.2) is 44.2 Å². The molecule has 23 heavy (non-hydrogen) atoms. The number of hydrogen-bond donors (Lipinski definition) is 2. The van der Waals surface area contributed by atoms with Gasteiger partial charge >= 0.3 is 6.61 Å². The Morgan fingerprint density at radius 3 is 2.61 bits per heavy atom. The largest absolute Gasteiger partial charge is 0.435 e. The second-order valence-electron chi connectivity index (χ2n) is 5.02. The molecule has 0 saturated carbocycles. The van der Waals surface area contributed by atoms with Gasteiger partial charge in [-0.15, -0.1) is 0 Å². The Bertz CT molecular complexity index is 531. The Hall–Kier alpha value is -2.22. The SMILES string of the molecule is O=C(CNC(=O)c1ccc(OC(F)F)cc1)NC[C@@H]1CCCO1. The zero-order valence-electron chi connectivity index (χ0n) is 12.4. The molecule has 1 aromatic carbocycles. The number of rotatable bonds is 7. The van der Waals surface area contributed by atoms with Crippen LogP contribution < -0.4 is 15.4 Å². The van der Waals surface area contributed by atoms with Gasteiger partial charge in [0.15, 0.2) is 0 Å². The van der Waals surface area contributed by atoms with Gasteiger partial charge in [-0.25, -0.2) is 0 Å². The lowest BCUT2D eigenvalue weighted by atomic mass is 10.2. The van der Waals surface area contributed by atoms with Crippen molar-refractivity contribution in [2.75, 3.05) is 19.7 Å². The highest BCUT2D eigenvalue weighted by Crippen LogP contribution is 2.14. The average molecular weight is 328 g/mol. The molecular formula is C15H18F2N2O4. The summed E-state index contributed by atoms with van der Waals surface area (Å²) in [5.41, 5.74) is 0.249. The van der Waals surface area contributed by atoms with E-state index in [2.05, 4.69) is 15.4 Å². The van der Waals surface area contributed by atoms with Gasteiger partial charge in [0, 0.05) is 18.7 Å². The van der Waals surface area contributed by atoms with Crippen LogP contribution in [0.15, 0.2) is 24.3 Å². The summed E-state index contributed by atoms with van der Waals surface area (Å²) in [6.07, 6.45) is 1.94. The zero-order valence-corrected chi connectivity index (χ0v) is 12.4. The van der Waals surface area contributed by atoms with Crippen LogP contribution in [0.3, 0.4) is 0 Å². The van der Waals surface area contributed by atoms with E-state index in [1.165, 1.54) is 24.3 Å². The molecule has 1 aliphatic rings. The van der Waals surface area contributed by atoms with Gasteiger partial charge in [-0.3, -0.25) is 9.59 Å². The van der Waals surface area contributed by atoms with Crippen LogP contribution in [0.4, 0.5) is 8.78 Å². The third-order valence-electron chi connectivity index (χ3n) is 3.30. The number of benzene rings is 1. The first-order valence-corrected chi connectivity index (χ1v) is 7.26. The predicted molar refractivity (Wildman–Crippen MR) is 77.4 cm³/mol. The number of carbonyl (C=O) groups is 2. The van der Waals surface area contributed by atoms with Crippen molar-refractivity contribution < 1.29 is 27.8 Å². The lowest BCUT2D eigenvalue weighted by molar-refractivity contribution is -0.120. The van der Waals surface area contributed by atoms with Crippen LogP contribution in [0, 0.1) is 0 Å². The fraction of sp³-hybridized carbons (Fsp3) is 0.467. The van der Waals surface area contributed by atoms with Crippen LogP contribution in [0.5, 0.6) is 5.75 Å². The van der Waals surface area contributed by atoms with E-state index in [0.29, 0.717) is 13.2 Å². The van der Waals surface area contributed by atoms with Crippen molar-refractivity contribution in [1.29, 1.82) is 0 Å². The quantitative estimate of drug-likeness (QED) is 0.791. The number of carbonyl (C=O) groups excluding carboxylic acids is 2. The molecule has 0 aromatic heterocycles. The first kappa shape index (κ1) is 17.1. The van der Waals surface area contributed by atoms with E-state index in [1.807, 2.05) is 0 Å². The lowest BCUT2D eigenvalue weighted by Gasteiger charge is -2.11. The van der Waals surface area contributed by atoms with Crippen LogP contribution in [-0.2, 0) is 9.53 Å². The van der Waals surface area contributed by atoms with Gasteiger partial charge in [0.05, 0.1) is 12.6 Å². The van der Waals surface area contributed by atoms with Crippen LogP contribution in [0.25, 0.3) is 0 Å². The molecular weight excluding hydrogens is 310 g/mol. The number of nitrogens with one attached hydrogen (secondary N) is 2. The number of ether oxygens (including phenoxy) is 2. The number of halogens is 2. The van der Waals surface area contributed by atoms with Crippen LogP contribution in [0.2, 0.25) is 0 Å². The maximum Gasteiger partial charge on any atom is 0.387 e. The van der Waals surface area contributed by atoms with Gasteiger partial charge < -0.3 is 20.1 Å². The summed E-state index contributed by atoms with van der Waals surface area (Å²) < 4.78 is 33.6. The fourth-order valence-corrected chi connectivity index (χ4v) is 2.15. The Morgan fingerprint density at radius 1 is 1.26 bits per heavy atom. The molecule has 1 fully saturated rings. The van der Waals surface area contributed by atoms with E-state index in [1.54, 1.807) is 0 Å². The van der Waals surface area contributed by atoms with E-state index >= 15 is 0 Å². The van der Waals surface area contributed by atoms with E-state index in [-0.39, 0.29) is 29.9 Å². The number of amides is 2. The molecule has 0 radical (unpaired) electrons.